The Kier molecular flexibility index (Phi) is 5.99. The Balaban J connectivity index is 1.70. The smallest absolute Gasteiger partial charge is 0.408 e. The Morgan fingerprint density at radius 2 is 2.00 bits per heavy atom. The second-order valence-electron chi connectivity index (χ2n) is 9.40. The van der Waals surface area contributed by atoms with E-state index in [1.54, 1.807) is 38.3 Å². The van der Waals surface area contributed by atoms with Crippen LogP contribution in [-0.2, 0) is 9.47 Å². The highest BCUT2D eigenvalue weighted by Gasteiger charge is 2.30. The van der Waals surface area contributed by atoms with E-state index in [9.17, 15) is 14.4 Å². The number of aromatic nitrogens is 2. The molecule has 0 aromatic carbocycles. The van der Waals surface area contributed by atoms with Crippen LogP contribution >= 0.6 is 0 Å². The summed E-state index contributed by atoms with van der Waals surface area (Å²) in [7, 11) is 0. The van der Waals surface area contributed by atoms with Crippen molar-refractivity contribution in [3.8, 4) is 0 Å². The van der Waals surface area contributed by atoms with E-state index in [1.807, 2.05) is 0 Å². The molecule has 8 nitrogen and oxygen atoms in total. The molecular formula is C24H28FN3O5. The number of hydrogen-bond acceptors (Lipinski definition) is 6. The summed E-state index contributed by atoms with van der Waals surface area (Å²) in [5.41, 5.74) is -0.185. The van der Waals surface area contributed by atoms with Gasteiger partial charge < -0.3 is 19.4 Å². The van der Waals surface area contributed by atoms with Crippen LogP contribution in [0.3, 0.4) is 0 Å². The van der Waals surface area contributed by atoms with Crippen molar-refractivity contribution < 1.29 is 23.5 Å². The van der Waals surface area contributed by atoms with Crippen LogP contribution in [-0.4, -0.2) is 39.9 Å². The normalized spacial score (nSPS) is 18.2. The van der Waals surface area contributed by atoms with E-state index in [-0.39, 0.29) is 35.3 Å². The number of allylic oxidation sites excluding steroid dienone is 1. The number of amides is 1. The predicted molar refractivity (Wildman–Crippen MR) is 121 cm³/mol. The first-order chi connectivity index (χ1) is 15.6. The lowest BCUT2D eigenvalue weighted by atomic mass is 10.1. The number of nitrogens with one attached hydrogen (secondary N) is 1. The molecule has 0 radical (unpaired) electrons. The van der Waals surface area contributed by atoms with Crippen molar-refractivity contribution in [2.75, 3.05) is 6.61 Å². The van der Waals surface area contributed by atoms with Crippen LogP contribution < -0.4 is 10.7 Å². The highest BCUT2D eigenvalue weighted by Crippen LogP contribution is 2.37. The van der Waals surface area contributed by atoms with Gasteiger partial charge in [-0.25, -0.2) is 19.0 Å². The van der Waals surface area contributed by atoms with Gasteiger partial charge >= 0.3 is 12.1 Å². The Hall–Kier alpha value is -3.23. The molecule has 0 spiro atoms. The van der Waals surface area contributed by atoms with Crippen LogP contribution in [0.2, 0.25) is 0 Å². The van der Waals surface area contributed by atoms with Gasteiger partial charge in [0.25, 0.3) is 0 Å². The number of nitrogens with zero attached hydrogens (tertiary/aromatic N) is 2. The van der Waals surface area contributed by atoms with Crippen molar-refractivity contribution in [3.63, 3.8) is 0 Å². The molecule has 2 aliphatic carbocycles. The molecule has 2 aliphatic rings. The van der Waals surface area contributed by atoms with Crippen LogP contribution in [0.1, 0.15) is 75.5 Å². The average molecular weight is 458 g/mol. The average Bonchev–Trinajstić information content (AvgIpc) is 3.46. The molecule has 1 atom stereocenters. The fourth-order valence-corrected chi connectivity index (χ4v) is 3.95. The molecule has 2 aromatic heterocycles. The zero-order valence-corrected chi connectivity index (χ0v) is 19.2. The number of alkyl carbamates (subject to hydrolysis) is 1. The number of esters is 1. The number of carbonyl (C=O) groups excluding carboxylic acids is 2. The third-order valence-corrected chi connectivity index (χ3v) is 5.53. The third kappa shape index (κ3) is 4.91. The molecule has 33 heavy (non-hydrogen) atoms. The van der Waals surface area contributed by atoms with E-state index >= 15 is 4.39 Å². The Morgan fingerprint density at radius 3 is 2.64 bits per heavy atom. The van der Waals surface area contributed by atoms with Gasteiger partial charge in [0, 0.05) is 12.2 Å². The van der Waals surface area contributed by atoms with Crippen LogP contribution in [0, 0.1) is 5.82 Å². The third-order valence-electron chi connectivity index (χ3n) is 5.53. The predicted octanol–water partition coefficient (Wildman–Crippen LogP) is 4.12. The fraction of sp³-hybridized carbons (Fsp3) is 0.500. The van der Waals surface area contributed by atoms with Gasteiger partial charge in [-0.1, -0.05) is 6.08 Å². The highest BCUT2D eigenvalue weighted by atomic mass is 19.1. The molecule has 1 fully saturated rings. The highest BCUT2D eigenvalue weighted by molar-refractivity contribution is 5.93. The maximum atomic E-state index is 15.1. The minimum Gasteiger partial charge on any atom is -0.462 e. The van der Waals surface area contributed by atoms with Crippen LogP contribution in [0.5, 0.6) is 0 Å². The van der Waals surface area contributed by atoms with Gasteiger partial charge in [-0.2, -0.15) is 0 Å². The van der Waals surface area contributed by atoms with Gasteiger partial charge in [0.2, 0.25) is 5.43 Å². The van der Waals surface area contributed by atoms with Crippen molar-refractivity contribution in [1.82, 2.24) is 14.9 Å². The number of halogens is 1. The summed E-state index contributed by atoms with van der Waals surface area (Å²) >= 11 is 0. The van der Waals surface area contributed by atoms with Crippen molar-refractivity contribution in [2.24, 2.45) is 0 Å². The molecule has 1 saturated carbocycles. The van der Waals surface area contributed by atoms with Gasteiger partial charge in [0.05, 0.1) is 18.0 Å². The van der Waals surface area contributed by atoms with Gasteiger partial charge in [-0.15, -0.1) is 0 Å². The topological polar surface area (TPSA) is 99.5 Å². The first-order valence-electron chi connectivity index (χ1n) is 11.2. The SMILES string of the molecule is CCOC(=O)c1cn(C2CC2)c2nc(C3=CC(NC(=O)OC(C)(C)C)CC3)c(F)cc2c1=O. The maximum absolute atomic E-state index is 15.1. The monoisotopic (exact) mass is 457 g/mol. The van der Waals surface area contributed by atoms with E-state index in [2.05, 4.69) is 10.3 Å². The van der Waals surface area contributed by atoms with E-state index in [0.29, 0.717) is 24.1 Å². The van der Waals surface area contributed by atoms with Crippen LogP contribution in [0.15, 0.2) is 23.1 Å². The number of rotatable bonds is 5. The molecule has 0 bridgehead atoms. The molecule has 0 saturated heterocycles. The van der Waals surface area contributed by atoms with Crippen LogP contribution in [0.25, 0.3) is 16.6 Å². The van der Waals surface area contributed by atoms with Gasteiger partial charge in [0.15, 0.2) is 0 Å². The first kappa shape index (κ1) is 22.9. The van der Waals surface area contributed by atoms with Gasteiger partial charge in [-0.3, -0.25) is 4.79 Å². The zero-order chi connectivity index (χ0) is 23.9. The lowest BCUT2D eigenvalue weighted by Crippen LogP contribution is -2.37. The summed E-state index contributed by atoms with van der Waals surface area (Å²) < 4.78 is 27.2. The largest absolute Gasteiger partial charge is 0.462 e. The summed E-state index contributed by atoms with van der Waals surface area (Å²) in [5.74, 6) is -1.37. The molecule has 176 valence electrons. The molecule has 9 heteroatoms. The Bertz CT molecular complexity index is 1210. The standard InChI is InChI=1S/C24H28FN3O5/c1-5-32-22(30)17-12-28(15-8-9-15)21-16(20(17)29)11-18(25)19(27-21)13-6-7-14(10-13)26-23(31)33-24(2,3)4/h10-12,14-15H,5-9H2,1-4H3,(H,26,31). The second kappa shape index (κ2) is 8.61. The molecule has 0 aliphatic heterocycles. The molecule has 2 heterocycles. The van der Waals surface area contributed by atoms with Crippen molar-refractivity contribution in [3.05, 3.63) is 45.6 Å². The fourth-order valence-electron chi connectivity index (χ4n) is 3.95. The molecule has 1 N–H and O–H groups in total. The second-order valence-corrected chi connectivity index (χ2v) is 9.40. The summed E-state index contributed by atoms with van der Waals surface area (Å²) in [4.78, 5) is 41.8. The Labute approximate surface area is 190 Å². The van der Waals surface area contributed by atoms with Crippen LogP contribution in [0.4, 0.5) is 9.18 Å². The quantitative estimate of drug-likeness (QED) is 0.678. The van der Waals surface area contributed by atoms with Crippen molar-refractivity contribution >= 4 is 28.7 Å². The van der Waals surface area contributed by atoms with Crippen molar-refractivity contribution in [2.45, 2.75) is 71.1 Å². The number of fused-ring (bicyclic) bond motifs is 1. The summed E-state index contributed by atoms with van der Waals surface area (Å²) in [6.45, 7) is 7.14. The molecule has 1 amide bonds. The first-order valence-corrected chi connectivity index (χ1v) is 11.2. The number of pyridine rings is 2. The van der Waals surface area contributed by atoms with Crippen molar-refractivity contribution in [1.29, 1.82) is 0 Å². The minimum atomic E-state index is -0.724. The minimum absolute atomic E-state index is 0.0516. The lowest BCUT2D eigenvalue weighted by Gasteiger charge is -2.21. The summed E-state index contributed by atoms with van der Waals surface area (Å²) in [5, 5.41) is 2.83. The lowest BCUT2D eigenvalue weighted by molar-refractivity contribution is 0.0507. The van der Waals surface area contributed by atoms with Gasteiger partial charge in [0.1, 0.15) is 28.3 Å². The number of carbonyl (C=O) groups is 2. The van der Waals surface area contributed by atoms with E-state index in [1.165, 1.54) is 6.20 Å². The van der Waals surface area contributed by atoms with E-state index in [0.717, 1.165) is 18.9 Å². The summed E-state index contributed by atoms with van der Waals surface area (Å²) in [6, 6.07) is 0.951. The molecule has 4 rings (SSSR count). The Morgan fingerprint density at radius 1 is 1.27 bits per heavy atom. The molecule has 2 aromatic rings. The van der Waals surface area contributed by atoms with E-state index in [4.69, 9.17) is 9.47 Å². The zero-order valence-electron chi connectivity index (χ0n) is 19.2. The van der Waals surface area contributed by atoms with Gasteiger partial charge in [-0.05, 0) is 65.0 Å². The maximum Gasteiger partial charge on any atom is 0.408 e. The molecular weight excluding hydrogens is 429 g/mol. The number of hydrogen-bond donors (Lipinski definition) is 1. The van der Waals surface area contributed by atoms with E-state index < -0.39 is 28.9 Å². The summed E-state index contributed by atoms with van der Waals surface area (Å²) in [6.07, 6.45) is 5.60. The number of ether oxygens (including phenoxy) is 2. The molecule has 1 unspecified atom stereocenters.